The monoisotopic (exact) mass is 440 g/mol. The zero-order chi connectivity index (χ0) is 18.8. The fourth-order valence-corrected chi connectivity index (χ4v) is 3.89. The van der Waals surface area contributed by atoms with Crippen LogP contribution in [0, 0.1) is 13.8 Å². The van der Waals surface area contributed by atoms with Gasteiger partial charge >= 0.3 is 0 Å². The zero-order valence-corrected chi connectivity index (χ0v) is 17.3. The van der Waals surface area contributed by atoms with Crippen LogP contribution in [-0.2, 0) is 5.75 Å². The number of thioether (sulfide) groups is 1. The second kappa shape index (κ2) is 7.70. The molecule has 7 heteroatoms. The van der Waals surface area contributed by atoms with Gasteiger partial charge in [-0.15, -0.1) is 10.2 Å². The Kier molecular flexibility index (Phi) is 5.13. The van der Waals surface area contributed by atoms with Crippen molar-refractivity contribution in [2.75, 3.05) is 0 Å². The number of hydrogen-bond acceptors (Lipinski definition) is 5. The molecule has 0 radical (unpaired) electrons. The molecule has 0 saturated heterocycles. The molecule has 0 aliphatic carbocycles. The van der Waals surface area contributed by atoms with Crippen molar-refractivity contribution < 1.29 is 4.42 Å². The van der Waals surface area contributed by atoms with Crippen LogP contribution < -0.4 is 0 Å². The Morgan fingerprint density at radius 1 is 1.04 bits per heavy atom. The molecule has 0 unspecified atom stereocenters. The first-order valence-corrected chi connectivity index (χ1v) is 10.2. The van der Waals surface area contributed by atoms with E-state index in [-0.39, 0.29) is 0 Å². The molecule has 27 heavy (non-hydrogen) atoms. The van der Waals surface area contributed by atoms with Gasteiger partial charge in [0.2, 0.25) is 5.89 Å². The molecule has 4 rings (SSSR count). The van der Waals surface area contributed by atoms with Gasteiger partial charge in [-0.1, -0.05) is 45.9 Å². The summed E-state index contributed by atoms with van der Waals surface area (Å²) in [6.07, 6.45) is 0. The number of hydrogen-bond donors (Lipinski definition) is 0. The molecule has 0 N–H and O–H groups in total. The maximum absolute atomic E-state index is 5.76. The van der Waals surface area contributed by atoms with Crippen LogP contribution in [-0.4, -0.2) is 20.0 Å². The maximum atomic E-state index is 5.76. The van der Waals surface area contributed by atoms with Gasteiger partial charge in [-0.3, -0.25) is 0 Å². The topological polar surface area (TPSA) is 56.7 Å². The molecule has 0 aliphatic heterocycles. The molecule has 2 aromatic heterocycles. The van der Waals surface area contributed by atoms with E-state index >= 15 is 0 Å². The predicted octanol–water partition coefficient (Wildman–Crippen LogP) is 5.59. The van der Waals surface area contributed by atoms with Crippen molar-refractivity contribution in [1.82, 2.24) is 20.0 Å². The van der Waals surface area contributed by atoms with Crippen LogP contribution in [0.15, 0.2) is 68.7 Å². The van der Waals surface area contributed by atoms with Crippen molar-refractivity contribution in [2.24, 2.45) is 0 Å². The standard InChI is InChI=1S/C20H17BrN4OS/c1-13-10-14(2)25(24-13)18-8-6-15(7-9-18)12-27-20-23-22-19(26-20)16-4-3-5-17(21)11-16/h3-11H,12H2,1-2H3. The van der Waals surface area contributed by atoms with Crippen molar-refractivity contribution in [3.8, 4) is 17.1 Å². The van der Waals surface area contributed by atoms with Crippen LogP contribution in [0.3, 0.4) is 0 Å². The fraction of sp³-hybridized carbons (Fsp3) is 0.150. The highest BCUT2D eigenvalue weighted by Gasteiger charge is 2.10. The summed E-state index contributed by atoms with van der Waals surface area (Å²) >= 11 is 4.98. The van der Waals surface area contributed by atoms with Crippen LogP contribution in [0.2, 0.25) is 0 Å². The van der Waals surface area contributed by atoms with Gasteiger partial charge in [0.05, 0.1) is 11.4 Å². The van der Waals surface area contributed by atoms with Gasteiger partial charge in [-0.05, 0) is 55.8 Å². The maximum Gasteiger partial charge on any atom is 0.277 e. The summed E-state index contributed by atoms with van der Waals surface area (Å²) in [6, 6.07) is 18.2. The summed E-state index contributed by atoms with van der Waals surface area (Å²) in [7, 11) is 0. The number of aryl methyl sites for hydroxylation is 2. The first-order chi connectivity index (χ1) is 13.1. The van der Waals surface area contributed by atoms with Crippen LogP contribution in [0.4, 0.5) is 0 Å². The summed E-state index contributed by atoms with van der Waals surface area (Å²) in [5, 5.41) is 13.3. The fourth-order valence-electron chi connectivity index (χ4n) is 2.77. The molecule has 0 amide bonds. The molecule has 2 heterocycles. The highest BCUT2D eigenvalue weighted by atomic mass is 79.9. The van der Waals surface area contributed by atoms with Crippen LogP contribution in [0.25, 0.3) is 17.1 Å². The van der Waals surface area contributed by atoms with Crippen molar-refractivity contribution in [2.45, 2.75) is 24.8 Å². The number of rotatable bonds is 5. The Balaban J connectivity index is 1.43. The lowest BCUT2D eigenvalue weighted by molar-refractivity contribution is 0.466. The lowest BCUT2D eigenvalue weighted by Gasteiger charge is -2.05. The predicted molar refractivity (Wildman–Crippen MR) is 110 cm³/mol. The first-order valence-electron chi connectivity index (χ1n) is 8.43. The van der Waals surface area contributed by atoms with E-state index < -0.39 is 0 Å². The minimum absolute atomic E-state index is 0.527. The Labute approximate surface area is 169 Å². The summed E-state index contributed by atoms with van der Waals surface area (Å²) in [5.74, 6) is 1.29. The quantitative estimate of drug-likeness (QED) is 0.378. The molecule has 0 bridgehead atoms. The van der Waals surface area contributed by atoms with E-state index in [1.165, 1.54) is 17.3 Å². The van der Waals surface area contributed by atoms with E-state index in [4.69, 9.17) is 4.42 Å². The van der Waals surface area contributed by atoms with E-state index in [1.54, 1.807) is 0 Å². The Hall–Kier alpha value is -2.38. The molecule has 0 fully saturated rings. The second-order valence-electron chi connectivity index (χ2n) is 6.18. The lowest BCUT2D eigenvalue weighted by atomic mass is 10.2. The molecule has 0 atom stereocenters. The third-order valence-electron chi connectivity index (χ3n) is 4.03. The van der Waals surface area contributed by atoms with Gasteiger partial charge < -0.3 is 4.42 Å². The summed E-state index contributed by atoms with van der Waals surface area (Å²) in [5.41, 5.74) is 5.29. The number of benzene rings is 2. The largest absolute Gasteiger partial charge is 0.411 e. The number of halogens is 1. The normalized spacial score (nSPS) is 11.1. The van der Waals surface area contributed by atoms with Gasteiger partial charge in [0.15, 0.2) is 0 Å². The van der Waals surface area contributed by atoms with Crippen LogP contribution >= 0.6 is 27.7 Å². The summed E-state index contributed by atoms with van der Waals surface area (Å²) in [4.78, 5) is 0. The Bertz CT molecular complexity index is 1070. The van der Waals surface area contributed by atoms with E-state index in [2.05, 4.69) is 68.5 Å². The number of nitrogens with zero attached hydrogens (tertiary/aromatic N) is 4. The average molecular weight is 441 g/mol. The lowest BCUT2D eigenvalue weighted by Crippen LogP contribution is -1.98. The first kappa shape index (κ1) is 18.0. The summed E-state index contributed by atoms with van der Waals surface area (Å²) in [6.45, 7) is 4.06. The SMILES string of the molecule is Cc1cc(C)n(-c2ccc(CSc3nnc(-c4cccc(Br)c4)o3)cc2)n1. The minimum Gasteiger partial charge on any atom is -0.411 e. The smallest absolute Gasteiger partial charge is 0.277 e. The Morgan fingerprint density at radius 3 is 2.56 bits per heavy atom. The van der Waals surface area contributed by atoms with Crippen molar-refractivity contribution in [3.05, 3.63) is 76.0 Å². The Morgan fingerprint density at radius 2 is 1.85 bits per heavy atom. The molecule has 2 aromatic carbocycles. The van der Waals surface area contributed by atoms with Gasteiger partial charge in [0.1, 0.15) is 0 Å². The van der Waals surface area contributed by atoms with Gasteiger partial charge in [-0.2, -0.15) is 5.10 Å². The molecule has 0 aliphatic rings. The summed E-state index contributed by atoms with van der Waals surface area (Å²) < 4.78 is 8.70. The molecule has 136 valence electrons. The van der Waals surface area contributed by atoms with Gasteiger partial charge in [-0.25, -0.2) is 4.68 Å². The van der Waals surface area contributed by atoms with Crippen LogP contribution in [0.1, 0.15) is 17.0 Å². The zero-order valence-electron chi connectivity index (χ0n) is 14.9. The van der Waals surface area contributed by atoms with E-state index in [1.807, 2.05) is 35.9 Å². The van der Waals surface area contributed by atoms with Gasteiger partial charge in [0, 0.05) is 21.5 Å². The van der Waals surface area contributed by atoms with Crippen molar-refractivity contribution >= 4 is 27.7 Å². The van der Waals surface area contributed by atoms with E-state index in [9.17, 15) is 0 Å². The van der Waals surface area contributed by atoms with Crippen molar-refractivity contribution in [3.63, 3.8) is 0 Å². The van der Waals surface area contributed by atoms with E-state index in [0.717, 1.165) is 32.9 Å². The van der Waals surface area contributed by atoms with Gasteiger partial charge in [0.25, 0.3) is 5.22 Å². The average Bonchev–Trinajstić information content (AvgIpc) is 3.27. The van der Waals surface area contributed by atoms with Crippen LogP contribution in [0.5, 0.6) is 0 Å². The molecule has 0 saturated carbocycles. The number of aromatic nitrogens is 4. The minimum atomic E-state index is 0.527. The van der Waals surface area contributed by atoms with E-state index in [0.29, 0.717) is 11.1 Å². The highest BCUT2D eigenvalue weighted by Crippen LogP contribution is 2.27. The van der Waals surface area contributed by atoms with Crippen molar-refractivity contribution in [1.29, 1.82) is 0 Å². The third-order valence-corrected chi connectivity index (χ3v) is 5.41. The molecule has 0 spiro atoms. The highest BCUT2D eigenvalue weighted by molar-refractivity contribution is 9.10. The molecule has 5 nitrogen and oxygen atoms in total. The second-order valence-corrected chi connectivity index (χ2v) is 8.02. The molecule has 4 aromatic rings. The molecular formula is C20H17BrN4OS. The third kappa shape index (κ3) is 4.14. The molecular weight excluding hydrogens is 424 g/mol.